The molecule has 2 heterocycles. The molecule has 0 N–H and O–H groups in total. The molecule has 8 aromatic carbocycles. The van der Waals surface area contributed by atoms with Crippen molar-refractivity contribution in [1.82, 2.24) is 29.9 Å². The molecule has 0 fully saturated rings. The van der Waals surface area contributed by atoms with Gasteiger partial charge in [0.15, 0.2) is 34.9 Å². The van der Waals surface area contributed by atoms with Crippen LogP contribution in [0.1, 0.15) is 0 Å². The lowest BCUT2D eigenvalue weighted by atomic mass is 9.98. The summed E-state index contributed by atoms with van der Waals surface area (Å²) < 4.78 is 0. The predicted molar refractivity (Wildman–Crippen MR) is 247 cm³/mol. The van der Waals surface area contributed by atoms with E-state index >= 15 is 0 Å². The van der Waals surface area contributed by atoms with Crippen molar-refractivity contribution < 1.29 is 0 Å². The molecule has 0 saturated carbocycles. The van der Waals surface area contributed by atoms with Crippen LogP contribution in [-0.4, -0.2) is 29.9 Å². The number of aromatic nitrogens is 6. The maximum Gasteiger partial charge on any atom is 0.165 e. The monoisotopic (exact) mass is 800 g/mol. The van der Waals surface area contributed by atoms with Crippen LogP contribution in [0.5, 0.6) is 0 Å². The lowest BCUT2D eigenvalue weighted by molar-refractivity contribution is 1.07. The first-order chi connectivity index (χ1) is 30.2. The zero-order chi connectivity index (χ0) is 40.8. The van der Waals surface area contributed by atoms with Crippen LogP contribution in [-0.2, 0) is 0 Å². The van der Waals surface area contributed by atoms with Crippen LogP contribution in [0.2, 0.25) is 0 Å². The van der Waals surface area contributed by atoms with Crippen molar-refractivity contribution in [2.75, 3.05) is 0 Å². The fourth-order valence-electron chi connectivity index (χ4n) is 7.14. The van der Waals surface area contributed by atoms with Gasteiger partial charge in [0.2, 0.25) is 0 Å². The Morgan fingerprint density at radius 2 is 0.541 bits per heavy atom. The van der Waals surface area contributed by atoms with E-state index in [4.69, 9.17) is 29.9 Å². The van der Waals surface area contributed by atoms with E-state index in [1.807, 2.05) is 109 Å². The topological polar surface area (TPSA) is 77.3 Å². The quantitative estimate of drug-likeness (QED) is 0.136. The molecule has 0 radical (unpaired) electrons. The normalized spacial score (nSPS) is 11.0. The highest BCUT2D eigenvalue weighted by atomic mass is 32.2. The summed E-state index contributed by atoms with van der Waals surface area (Å²) in [6, 6.07) is 74.3. The van der Waals surface area contributed by atoms with Gasteiger partial charge in [-0.25, -0.2) is 29.9 Å². The van der Waals surface area contributed by atoms with Crippen molar-refractivity contribution >= 4 is 11.8 Å². The Balaban J connectivity index is 0.968. The second-order valence-electron chi connectivity index (χ2n) is 14.4. The van der Waals surface area contributed by atoms with Crippen molar-refractivity contribution in [3.8, 4) is 90.6 Å². The third-order valence-electron chi connectivity index (χ3n) is 10.3. The van der Waals surface area contributed by atoms with E-state index in [0.29, 0.717) is 34.9 Å². The Morgan fingerprint density at radius 3 is 1.00 bits per heavy atom. The van der Waals surface area contributed by atoms with Gasteiger partial charge in [-0.3, -0.25) is 0 Å². The molecule has 0 aliphatic carbocycles. The average Bonchev–Trinajstić information content (AvgIpc) is 3.35. The van der Waals surface area contributed by atoms with E-state index in [0.717, 1.165) is 54.3 Å². The highest BCUT2D eigenvalue weighted by Crippen LogP contribution is 2.37. The number of hydrogen-bond acceptors (Lipinski definition) is 7. The van der Waals surface area contributed by atoms with Gasteiger partial charge in [-0.05, 0) is 46.5 Å². The summed E-state index contributed by atoms with van der Waals surface area (Å²) in [5, 5.41) is 0. The first-order valence-electron chi connectivity index (χ1n) is 20.0. The van der Waals surface area contributed by atoms with Crippen LogP contribution in [0.4, 0.5) is 0 Å². The van der Waals surface area contributed by atoms with Gasteiger partial charge in [-0.1, -0.05) is 206 Å². The third kappa shape index (κ3) is 8.37. The summed E-state index contributed by atoms with van der Waals surface area (Å²) in [7, 11) is 0. The molecule has 0 bridgehead atoms. The molecule has 0 spiro atoms. The second-order valence-corrected chi connectivity index (χ2v) is 15.5. The molecule has 0 atom stereocenters. The van der Waals surface area contributed by atoms with E-state index in [9.17, 15) is 0 Å². The summed E-state index contributed by atoms with van der Waals surface area (Å²) in [6.07, 6.45) is 0. The van der Waals surface area contributed by atoms with Crippen molar-refractivity contribution in [1.29, 1.82) is 0 Å². The molecule has 288 valence electrons. The van der Waals surface area contributed by atoms with Gasteiger partial charge in [0.05, 0.1) is 0 Å². The average molecular weight is 801 g/mol. The summed E-state index contributed by atoms with van der Waals surface area (Å²) in [5.41, 5.74) is 10.2. The van der Waals surface area contributed by atoms with Gasteiger partial charge in [0, 0.05) is 43.2 Å². The first kappa shape index (κ1) is 37.4. The molecular weight excluding hydrogens is 765 g/mol. The molecule has 2 aromatic heterocycles. The minimum Gasteiger partial charge on any atom is -0.208 e. The largest absolute Gasteiger partial charge is 0.208 e. The van der Waals surface area contributed by atoms with Crippen molar-refractivity contribution in [2.24, 2.45) is 0 Å². The van der Waals surface area contributed by atoms with Crippen LogP contribution in [0.25, 0.3) is 90.6 Å². The number of nitrogens with zero attached hydrogens (tertiary/aromatic N) is 6. The van der Waals surface area contributed by atoms with Gasteiger partial charge in [-0.2, -0.15) is 0 Å². The molecule has 0 unspecified atom stereocenters. The van der Waals surface area contributed by atoms with Crippen LogP contribution < -0.4 is 0 Å². The minimum atomic E-state index is 0.607. The molecule has 6 nitrogen and oxygen atoms in total. The molecular formula is C54H36N6S. The first-order valence-corrected chi connectivity index (χ1v) is 20.8. The molecule has 0 saturated heterocycles. The van der Waals surface area contributed by atoms with Crippen LogP contribution in [0, 0.1) is 0 Å². The lowest BCUT2D eigenvalue weighted by Gasteiger charge is -2.12. The summed E-state index contributed by atoms with van der Waals surface area (Å²) >= 11 is 1.66. The van der Waals surface area contributed by atoms with Gasteiger partial charge >= 0.3 is 0 Å². The molecule has 61 heavy (non-hydrogen) atoms. The lowest BCUT2D eigenvalue weighted by Crippen LogP contribution is -2.01. The Labute approximate surface area is 358 Å². The maximum atomic E-state index is 5.12. The van der Waals surface area contributed by atoms with E-state index in [1.54, 1.807) is 11.8 Å². The Morgan fingerprint density at radius 1 is 0.230 bits per heavy atom. The van der Waals surface area contributed by atoms with Crippen LogP contribution in [0.3, 0.4) is 0 Å². The summed E-state index contributed by atoms with van der Waals surface area (Å²) in [6.45, 7) is 0. The third-order valence-corrected chi connectivity index (χ3v) is 11.4. The Bertz CT molecular complexity index is 3010. The van der Waals surface area contributed by atoms with Crippen LogP contribution in [0.15, 0.2) is 228 Å². The molecule has 10 rings (SSSR count). The Kier molecular flexibility index (Phi) is 10.5. The second kappa shape index (κ2) is 17.2. The zero-order valence-corrected chi connectivity index (χ0v) is 33.7. The van der Waals surface area contributed by atoms with E-state index in [-0.39, 0.29) is 0 Å². The van der Waals surface area contributed by atoms with Crippen molar-refractivity contribution in [3.05, 3.63) is 218 Å². The van der Waals surface area contributed by atoms with Gasteiger partial charge in [0.1, 0.15) is 0 Å². The van der Waals surface area contributed by atoms with Crippen molar-refractivity contribution in [3.63, 3.8) is 0 Å². The van der Waals surface area contributed by atoms with Crippen molar-refractivity contribution in [2.45, 2.75) is 9.79 Å². The van der Waals surface area contributed by atoms with Gasteiger partial charge in [0.25, 0.3) is 0 Å². The van der Waals surface area contributed by atoms with Crippen LogP contribution >= 0.6 is 11.8 Å². The fourth-order valence-corrected chi connectivity index (χ4v) is 8.08. The molecule has 0 aliphatic heterocycles. The highest BCUT2D eigenvalue weighted by Gasteiger charge is 2.17. The SMILES string of the molecule is c1ccc(-c2cccc(-c3ccc(-c4nc(-c5ccccc5)nc(-c5ccccc5Sc5ccc(-c6nc(-c7ccccc7)nc(-c7ccccc7)n6)cc5)n4)cc3)c2)cc1. The minimum absolute atomic E-state index is 0.607. The van der Waals surface area contributed by atoms with Gasteiger partial charge in [-0.15, -0.1) is 0 Å². The molecule has 0 aliphatic rings. The fraction of sp³-hybridized carbons (Fsp3) is 0. The molecule has 10 aromatic rings. The number of hydrogen-bond donors (Lipinski definition) is 0. The molecule has 0 amide bonds. The van der Waals surface area contributed by atoms with E-state index in [2.05, 4.69) is 109 Å². The summed E-state index contributed by atoms with van der Waals surface area (Å²) in [5.74, 6) is 3.71. The smallest absolute Gasteiger partial charge is 0.165 e. The maximum absolute atomic E-state index is 5.12. The predicted octanol–water partition coefficient (Wildman–Crippen LogP) is 13.5. The van der Waals surface area contributed by atoms with E-state index < -0.39 is 0 Å². The van der Waals surface area contributed by atoms with Gasteiger partial charge < -0.3 is 0 Å². The summed E-state index contributed by atoms with van der Waals surface area (Å²) in [4.78, 5) is 32.0. The van der Waals surface area contributed by atoms with E-state index in [1.165, 1.54) is 11.1 Å². The molecule has 7 heteroatoms. The standard InChI is InChI=1S/C54H36N6S/c1-5-16-37(17-6-1)44-24-15-25-45(36-44)38-28-30-42(31-29-38)53-58-51(41-22-11-4-12-23-41)59-54(60-53)47-26-13-14-27-48(47)61-46-34-32-43(33-35-46)52-56-49(39-18-7-2-8-19-39)55-50(57-52)40-20-9-3-10-21-40/h1-36H. The number of benzene rings is 8. The highest BCUT2D eigenvalue weighted by molar-refractivity contribution is 7.99. The zero-order valence-electron chi connectivity index (χ0n) is 32.9. The Hall–Kier alpha value is -7.87. The number of rotatable bonds is 10.